The molecule has 3 N–H and O–H groups in total. The standard InChI is InChI=1S/C27H30ClFN4O6/c1-27(2)37-16-20(38-27)11-19(31-23(34)14-30-13-18-9-6-10-21(29)25(18)28)15-36-26(35)32-24-12-22(33-39-24)17-7-4-3-5-8-17/h3-10,12,19-20,30H,11,13-16H2,1-2H3,(H,31,34)(H,32,35)/t19-,20+/m0/s1. The van der Waals surface area contributed by atoms with Gasteiger partial charge in [0.05, 0.1) is 30.3 Å². The molecule has 0 unspecified atom stereocenters. The smallest absolute Gasteiger partial charge is 0.414 e. The van der Waals surface area contributed by atoms with E-state index in [1.54, 1.807) is 32.0 Å². The van der Waals surface area contributed by atoms with Crippen LogP contribution in [0.15, 0.2) is 59.1 Å². The SMILES string of the molecule is CC1(C)OC[C@@H](C[C@@H](COC(=O)Nc2cc(-c3ccccc3)no2)NC(=O)CNCc2cccc(F)c2Cl)O1. The first-order valence-electron chi connectivity index (χ1n) is 12.4. The number of anilines is 1. The maximum Gasteiger partial charge on any atom is 0.414 e. The van der Waals surface area contributed by atoms with E-state index in [0.717, 1.165) is 5.56 Å². The van der Waals surface area contributed by atoms with E-state index >= 15 is 0 Å². The summed E-state index contributed by atoms with van der Waals surface area (Å²) in [4.78, 5) is 25.1. The summed E-state index contributed by atoms with van der Waals surface area (Å²) in [6.45, 7) is 3.93. The monoisotopic (exact) mass is 560 g/mol. The summed E-state index contributed by atoms with van der Waals surface area (Å²) in [5.74, 6) is -1.50. The van der Waals surface area contributed by atoms with Gasteiger partial charge in [-0.3, -0.25) is 10.1 Å². The Hall–Kier alpha value is -3.51. The van der Waals surface area contributed by atoms with E-state index in [9.17, 15) is 14.0 Å². The second-order valence-electron chi connectivity index (χ2n) is 9.43. The highest BCUT2D eigenvalue weighted by Crippen LogP contribution is 2.25. The van der Waals surface area contributed by atoms with Crippen LogP contribution in [0.1, 0.15) is 25.8 Å². The fourth-order valence-electron chi connectivity index (χ4n) is 4.03. The van der Waals surface area contributed by atoms with Crippen LogP contribution < -0.4 is 16.0 Å². The van der Waals surface area contributed by atoms with Crippen LogP contribution in [0.3, 0.4) is 0 Å². The normalized spacial score (nSPS) is 17.0. The van der Waals surface area contributed by atoms with Crippen molar-refractivity contribution in [3.05, 3.63) is 71.0 Å². The van der Waals surface area contributed by atoms with Gasteiger partial charge < -0.3 is 29.4 Å². The lowest BCUT2D eigenvalue weighted by Crippen LogP contribution is -2.45. The molecule has 0 bridgehead atoms. The highest BCUT2D eigenvalue weighted by Gasteiger charge is 2.34. The number of nitrogens with zero attached hydrogens (tertiary/aromatic N) is 1. The molecule has 1 saturated heterocycles. The molecule has 0 saturated carbocycles. The Kier molecular flexibility index (Phi) is 9.52. The maximum atomic E-state index is 13.6. The first-order valence-corrected chi connectivity index (χ1v) is 12.8. The maximum absolute atomic E-state index is 13.6. The third-order valence-electron chi connectivity index (χ3n) is 5.83. The van der Waals surface area contributed by atoms with E-state index in [1.807, 2.05) is 30.3 Å². The summed E-state index contributed by atoms with van der Waals surface area (Å²) in [7, 11) is 0. The summed E-state index contributed by atoms with van der Waals surface area (Å²) in [6.07, 6.45) is -0.731. The zero-order valence-electron chi connectivity index (χ0n) is 21.5. The number of rotatable bonds is 11. The number of carbonyl (C=O) groups excluding carboxylic acids is 2. The van der Waals surface area contributed by atoms with Gasteiger partial charge in [-0.25, -0.2) is 9.18 Å². The minimum absolute atomic E-state index is 0.00587. The third-order valence-corrected chi connectivity index (χ3v) is 6.26. The highest BCUT2D eigenvalue weighted by atomic mass is 35.5. The molecule has 0 radical (unpaired) electrons. The number of nitrogens with one attached hydrogen (secondary N) is 3. The topological polar surface area (TPSA) is 124 Å². The molecule has 1 fully saturated rings. The predicted octanol–water partition coefficient (Wildman–Crippen LogP) is 4.50. The van der Waals surface area contributed by atoms with Gasteiger partial charge in [0.2, 0.25) is 11.8 Å². The largest absolute Gasteiger partial charge is 0.447 e. The summed E-state index contributed by atoms with van der Waals surface area (Å²) in [5.41, 5.74) is 1.92. The summed E-state index contributed by atoms with van der Waals surface area (Å²) in [5, 5.41) is 12.2. The van der Waals surface area contributed by atoms with Gasteiger partial charge in [-0.2, -0.15) is 0 Å². The van der Waals surface area contributed by atoms with Crippen molar-refractivity contribution in [1.29, 1.82) is 0 Å². The fraction of sp³-hybridized carbons (Fsp3) is 0.370. The van der Waals surface area contributed by atoms with Crippen LogP contribution >= 0.6 is 11.6 Å². The second kappa shape index (κ2) is 13.0. The van der Waals surface area contributed by atoms with Crippen LogP contribution in [0.4, 0.5) is 15.1 Å². The van der Waals surface area contributed by atoms with Crippen molar-refractivity contribution < 1.29 is 32.7 Å². The Morgan fingerprint density at radius 3 is 2.74 bits per heavy atom. The molecular weight excluding hydrogens is 531 g/mol. The molecule has 2 amide bonds. The summed E-state index contributed by atoms with van der Waals surface area (Å²) in [6, 6.07) is 14.8. The van der Waals surface area contributed by atoms with E-state index in [-0.39, 0.29) is 42.6 Å². The molecule has 208 valence electrons. The van der Waals surface area contributed by atoms with E-state index in [2.05, 4.69) is 21.1 Å². The Morgan fingerprint density at radius 2 is 2.00 bits per heavy atom. The number of ether oxygens (including phenoxy) is 3. The van der Waals surface area contributed by atoms with Gasteiger partial charge in [-0.05, 0) is 31.9 Å². The Balaban J connectivity index is 1.29. The van der Waals surface area contributed by atoms with Crippen LogP contribution in [0.5, 0.6) is 0 Å². The molecule has 2 aromatic carbocycles. The average Bonchev–Trinajstić information content (AvgIpc) is 3.51. The van der Waals surface area contributed by atoms with Crippen molar-refractivity contribution >= 4 is 29.5 Å². The predicted molar refractivity (Wildman–Crippen MR) is 141 cm³/mol. The number of amides is 2. The van der Waals surface area contributed by atoms with Crippen LogP contribution in [-0.4, -0.2) is 54.8 Å². The van der Waals surface area contributed by atoms with Gasteiger partial charge in [0, 0.05) is 18.2 Å². The quantitative estimate of drug-likeness (QED) is 0.313. The van der Waals surface area contributed by atoms with Gasteiger partial charge in [-0.15, -0.1) is 0 Å². The molecular formula is C27H30ClFN4O6. The minimum atomic E-state index is -0.771. The number of hydrogen-bond donors (Lipinski definition) is 3. The van der Waals surface area contributed by atoms with E-state index in [0.29, 0.717) is 24.3 Å². The van der Waals surface area contributed by atoms with E-state index in [1.165, 1.54) is 6.07 Å². The molecule has 3 aromatic rings. The lowest BCUT2D eigenvalue weighted by molar-refractivity contribution is -0.140. The van der Waals surface area contributed by atoms with Crippen LogP contribution in [-0.2, 0) is 25.5 Å². The fourth-order valence-corrected chi connectivity index (χ4v) is 4.22. The van der Waals surface area contributed by atoms with E-state index < -0.39 is 23.7 Å². The van der Waals surface area contributed by atoms with Crippen molar-refractivity contribution in [2.45, 2.75) is 44.7 Å². The first kappa shape index (κ1) is 28.5. The Bertz CT molecular complexity index is 1270. The van der Waals surface area contributed by atoms with Gasteiger partial charge in [0.15, 0.2) is 5.79 Å². The number of halogens is 2. The second-order valence-corrected chi connectivity index (χ2v) is 9.81. The van der Waals surface area contributed by atoms with Crippen LogP contribution in [0.25, 0.3) is 11.3 Å². The Labute approximate surface area is 230 Å². The lowest BCUT2D eigenvalue weighted by atomic mass is 10.1. The summed E-state index contributed by atoms with van der Waals surface area (Å²) >= 11 is 5.97. The summed E-state index contributed by atoms with van der Waals surface area (Å²) < 4.78 is 35.6. The molecule has 0 aliphatic carbocycles. The molecule has 0 spiro atoms. The molecule has 1 aromatic heterocycles. The first-order chi connectivity index (χ1) is 18.7. The minimum Gasteiger partial charge on any atom is -0.447 e. The molecule has 2 atom stereocenters. The van der Waals surface area contributed by atoms with Gasteiger partial charge >= 0.3 is 6.09 Å². The van der Waals surface area contributed by atoms with Crippen molar-refractivity contribution in [2.24, 2.45) is 0 Å². The van der Waals surface area contributed by atoms with Crippen molar-refractivity contribution in [1.82, 2.24) is 15.8 Å². The molecule has 1 aliphatic rings. The molecule has 1 aliphatic heterocycles. The molecule has 2 heterocycles. The van der Waals surface area contributed by atoms with Crippen LogP contribution in [0.2, 0.25) is 5.02 Å². The number of hydrogen-bond acceptors (Lipinski definition) is 8. The van der Waals surface area contributed by atoms with Crippen molar-refractivity contribution in [2.75, 3.05) is 25.1 Å². The zero-order valence-corrected chi connectivity index (χ0v) is 22.3. The Morgan fingerprint density at radius 1 is 1.21 bits per heavy atom. The molecule has 39 heavy (non-hydrogen) atoms. The van der Waals surface area contributed by atoms with Crippen LogP contribution in [0, 0.1) is 5.82 Å². The zero-order chi connectivity index (χ0) is 27.8. The molecule has 4 rings (SSSR count). The van der Waals surface area contributed by atoms with Gasteiger partial charge in [-0.1, -0.05) is 59.2 Å². The van der Waals surface area contributed by atoms with Gasteiger partial charge in [0.25, 0.3) is 0 Å². The third kappa shape index (κ3) is 8.49. The average molecular weight is 561 g/mol. The molecule has 10 nitrogen and oxygen atoms in total. The number of aromatic nitrogens is 1. The van der Waals surface area contributed by atoms with E-state index in [4.69, 9.17) is 30.3 Å². The number of benzene rings is 2. The number of carbonyl (C=O) groups is 2. The lowest BCUT2D eigenvalue weighted by Gasteiger charge is -2.22. The van der Waals surface area contributed by atoms with Crippen molar-refractivity contribution in [3.8, 4) is 11.3 Å². The van der Waals surface area contributed by atoms with Crippen molar-refractivity contribution in [3.63, 3.8) is 0 Å². The van der Waals surface area contributed by atoms with Gasteiger partial charge in [0.1, 0.15) is 18.1 Å². The molecule has 12 heteroatoms. The highest BCUT2D eigenvalue weighted by molar-refractivity contribution is 6.31.